The van der Waals surface area contributed by atoms with Crippen LogP contribution < -0.4 is 9.80 Å². The molecule has 1 saturated heterocycles. The molecule has 6 heteroatoms. The number of rotatable bonds is 4. The van der Waals surface area contributed by atoms with Gasteiger partial charge in [-0.25, -0.2) is 4.98 Å². The molecule has 2 aliphatic heterocycles. The monoisotopic (exact) mass is 367 g/mol. The summed E-state index contributed by atoms with van der Waals surface area (Å²) in [5.41, 5.74) is 3.78. The number of piperidine rings is 1. The molecule has 0 atom stereocenters. The van der Waals surface area contributed by atoms with E-state index in [1.165, 1.54) is 11.1 Å². The third kappa shape index (κ3) is 4.06. The van der Waals surface area contributed by atoms with Gasteiger partial charge in [-0.05, 0) is 24.8 Å². The maximum Gasteiger partial charge on any atom is 0.227 e. The SMILES string of the molecule is CN(C)c1nc2c(c(N3CCC(O)CC3)n1)CCN(Cc1ccccc1)C2. The van der Waals surface area contributed by atoms with Crippen molar-refractivity contribution in [3.63, 3.8) is 0 Å². The zero-order valence-electron chi connectivity index (χ0n) is 16.3. The van der Waals surface area contributed by atoms with Gasteiger partial charge in [0.2, 0.25) is 5.95 Å². The van der Waals surface area contributed by atoms with Gasteiger partial charge in [-0.1, -0.05) is 30.3 Å². The van der Waals surface area contributed by atoms with Gasteiger partial charge in [0, 0.05) is 52.4 Å². The number of fused-ring (bicyclic) bond motifs is 1. The normalized spacial score (nSPS) is 18.4. The van der Waals surface area contributed by atoms with E-state index in [-0.39, 0.29) is 6.10 Å². The molecule has 0 unspecified atom stereocenters. The van der Waals surface area contributed by atoms with E-state index in [1.807, 2.05) is 19.0 Å². The first-order chi connectivity index (χ1) is 13.1. The summed E-state index contributed by atoms with van der Waals surface area (Å²) in [4.78, 5) is 16.5. The number of hydrogen-bond donors (Lipinski definition) is 1. The van der Waals surface area contributed by atoms with Crippen LogP contribution in [0.1, 0.15) is 29.7 Å². The molecule has 144 valence electrons. The highest BCUT2D eigenvalue weighted by Crippen LogP contribution is 2.30. The van der Waals surface area contributed by atoms with Gasteiger partial charge in [0.05, 0.1) is 11.8 Å². The largest absolute Gasteiger partial charge is 0.393 e. The Morgan fingerprint density at radius 3 is 2.52 bits per heavy atom. The van der Waals surface area contributed by atoms with Gasteiger partial charge in [0.25, 0.3) is 0 Å². The molecule has 1 N–H and O–H groups in total. The average molecular weight is 367 g/mol. The first-order valence-corrected chi connectivity index (χ1v) is 9.86. The zero-order chi connectivity index (χ0) is 18.8. The van der Waals surface area contributed by atoms with E-state index in [2.05, 4.69) is 40.1 Å². The van der Waals surface area contributed by atoms with Crippen molar-refractivity contribution in [2.24, 2.45) is 0 Å². The van der Waals surface area contributed by atoms with Crippen LogP contribution in [0.3, 0.4) is 0 Å². The van der Waals surface area contributed by atoms with E-state index < -0.39 is 0 Å². The van der Waals surface area contributed by atoms with E-state index in [0.29, 0.717) is 0 Å². The highest BCUT2D eigenvalue weighted by atomic mass is 16.3. The van der Waals surface area contributed by atoms with Gasteiger partial charge in [-0.2, -0.15) is 4.98 Å². The Hall–Kier alpha value is -2.18. The number of hydrogen-bond acceptors (Lipinski definition) is 6. The first-order valence-electron chi connectivity index (χ1n) is 9.86. The Balaban J connectivity index is 1.60. The molecule has 4 rings (SSSR count). The standard InChI is InChI=1S/C21H29N5O/c1-24(2)21-22-19-15-25(14-16-6-4-3-5-7-16)11-10-18(19)20(23-21)26-12-8-17(27)9-13-26/h3-7,17,27H,8-15H2,1-2H3. The van der Waals surface area contributed by atoms with E-state index in [4.69, 9.17) is 9.97 Å². The molecule has 1 fully saturated rings. The highest BCUT2D eigenvalue weighted by Gasteiger charge is 2.27. The van der Waals surface area contributed by atoms with Gasteiger partial charge in [-0.15, -0.1) is 0 Å². The predicted molar refractivity (Wildman–Crippen MR) is 108 cm³/mol. The predicted octanol–water partition coefficient (Wildman–Crippen LogP) is 2.06. The van der Waals surface area contributed by atoms with Crippen LogP contribution in [0.15, 0.2) is 30.3 Å². The number of anilines is 2. The van der Waals surface area contributed by atoms with Gasteiger partial charge in [0.15, 0.2) is 0 Å². The van der Waals surface area contributed by atoms with Crippen molar-refractivity contribution in [3.05, 3.63) is 47.2 Å². The molecule has 0 radical (unpaired) electrons. The van der Waals surface area contributed by atoms with Crippen molar-refractivity contribution in [2.45, 2.75) is 38.5 Å². The topological polar surface area (TPSA) is 55.7 Å². The van der Waals surface area contributed by atoms with Crippen molar-refractivity contribution in [1.82, 2.24) is 14.9 Å². The van der Waals surface area contributed by atoms with Crippen LogP contribution in [0.2, 0.25) is 0 Å². The molecule has 1 aromatic heterocycles. The fraction of sp³-hybridized carbons (Fsp3) is 0.524. The molecule has 0 bridgehead atoms. The molecule has 27 heavy (non-hydrogen) atoms. The summed E-state index contributed by atoms with van der Waals surface area (Å²) in [6, 6.07) is 10.6. The van der Waals surface area contributed by atoms with Crippen molar-refractivity contribution in [3.8, 4) is 0 Å². The van der Waals surface area contributed by atoms with Crippen LogP contribution in [0, 0.1) is 0 Å². The van der Waals surface area contributed by atoms with E-state index in [1.54, 1.807) is 0 Å². The van der Waals surface area contributed by atoms with Crippen molar-refractivity contribution in [2.75, 3.05) is 43.5 Å². The van der Waals surface area contributed by atoms with Gasteiger partial charge in [-0.3, -0.25) is 4.90 Å². The number of benzene rings is 1. The third-order valence-corrected chi connectivity index (χ3v) is 5.52. The molecular formula is C21H29N5O. The van der Waals surface area contributed by atoms with Crippen LogP contribution >= 0.6 is 0 Å². The lowest BCUT2D eigenvalue weighted by atomic mass is 10.0. The minimum atomic E-state index is -0.173. The molecule has 0 spiro atoms. The summed E-state index contributed by atoms with van der Waals surface area (Å²) in [6.45, 7) is 4.57. The van der Waals surface area contributed by atoms with Crippen molar-refractivity contribution in [1.29, 1.82) is 0 Å². The van der Waals surface area contributed by atoms with Crippen LogP contribution in [-0.4, -0.2) is 59.8 Å². The van der Waals surface area contributed by atoms with E-state index >= 15 is 0 Å². The van der Waals surface area contributed by atoms with E-state index in [0.717, 1.165) is 69.4 Å². The second kappa shape index (κ2) is 7.82. The second-order valence-electron chi connectivity index (χ2n) is 7.83. The molecule has 1 aromatic carbocycles. The Morgan fingerprint density at radius 2 is 1.81 bits per heavy atom. The van der Waals surface area contributed by atoms with Crippen molar-refractivity contribution >= 4 is 11.8 Å². The highest BCUT2D eigenvalue weighted by molar-refractivity contribution is 5.54. The Morgan fingerprint density at radius 1 is 1.07 bits per heavy atom. The Labute approximate surface area is 161 Å². The minimum absolute atomic E-state index is 0.173. The fourth-order valence-electron chi connectivity index (χ4n) is 3.97. The summed E-state index contributed by atoms with van der Waals surface area (Å²) in [7, 11) is 3.99. The molecular weight excluding hydrogens is 338 g/mol. The summed E-state index contributed by atoms with van der Waals surface area (Å²) in [6.07, 6.45) is 2.44. The van der Waals surface area contributed by atoms with Crippen LogP contribution in [0.5, 0.6) is 0 Å². The second-order valence-corrected chi connectivity index (χ2v) is 7.83. The molecule has 6 nitrogen and oxygen atoms in total. The van der Waals surface area contributed by atoms with Gasteiger partial charge >= 0.3 is 0 Å². The van der Waals surface area contributed by atoms with Crippen LogP contribution in [0.4, 0.5) is 11.8 Å². The lowest BCUT2D eigenvalue weighted by molar-refractivity contribution is 0.145. The average Bonchev–Trinajstić information content (AvgIpc) is 2.68. The van der Waals surface area contributed by atoms with Gasteiger partial charge < -0.3 is 14.9 Å². The fourth-order valence-corrected chi connectivity index (χ4v) is 3.97. The molecule has 0 saturated carbocycles. The zero-order valence-corrected chi connectivity index (χ0v) is 16.3. The lowest BCUT2D eigenvalue weighted by Gasteiger charge is -2.35. The number of aliphatic hydroxyl groups is 1. The third-order valence-electron chi connectivity index (χ3n) is 5.52. The Bertz CT molecular complexity index is 772. The molecule has 2 aliphatic rings. The van der Waals surface area contributed by atoms with Crippen LogP contribution in [-0.2, 0) is 19.5 Å². The summed E-state index contributed by atoms with van der Waals surface area (Å²) >= 11 is 0. The maximum absolute atomic E-state index is 9.86. The van der Waals surface area contributed by atoms with Crippen molar-refractivity contribution < 1.29 is 5.11 Å². The number of nitrogens with zero attached hydrogens (tertiary/aromatic N) is 5. The number of aromatic nitrogens is 2. The maximum atomic E-state index is 9.86. The van der Waals surface area contributed by atoms with Gasteiger partial charge in [0.1, 0.15) is 5.82 Å². The summed E-state index contributed by atoms with van der Waals surface area (Å²) < 4.78 is 0. The molecule has 0 aliphatic carbocycles. The molecule has 3 heterocycles. The quantitative estimate of drug-likeness (QED) is 0.893. The smallest absolute Gasteiger partial charge is 0.227 e. The summed E-state index contributed by atoms with van der Waals surface area (Å²) in [5.74, 6) is 1.85. The Kier molecular flexibility index (Phi) is 5.27. The minimum Gasteiger partial charge on any atom is -0.393 e. The van der Waals surface area contributed by atoms with E-state index in [9.17, 15) is 5.11 Å². The lowest BCUT2D eigenvalue weighted by Crippen LogP contribution is -2.39. The molecule has 0 amide bonds. The van der Waals surface area contributed by atoms with Crippen LogP contribution in [0.25, 0.3) is 0 Å². The number of aliphatic hydroxyl groups excluding tert-OH is 1. The summed E-state index contributed by atoms with van der Waals surface area (Å²) in [5, 5.41) is 9.86. The molecule has 2 aromatic rings. The first kappa shape index (κ1) is 18.2.